The fourth-order valence-electron chi connectivity index (χ4n) is 0.0456. The monoisotopic (exact) mass is 80.0 g/mol. The van der Waals surface area contributed by atoms with Crippen LogP contribution in [0.3, 0.4) is 0 Å². The summed E-state index contributed by atoms with van der Waals surface area (Å²) in [6.45, 7) is 3.18. The van der Waals surface area contributed by atoms with E-state index in [-0.39, 0.29) is 5.71 Å². The van der Waals surface area contributed by atoms with E-state index in [1.807, 2.05) is 0 Å². The molecule has 0 aliphatic heterocycles. The van der Waals surface area contributed by atoms with Crippen molar-refractivity contribution in [2.24, 2.45) is 0 Å². The van der Waals surface area contributed by atoms with E-state index in [4.69, 9.17) is 10.7 Å². The van der Waals surface area contributed by atoms with Gasteiger partial charge in [-0.3, -0.25) is 5.41 Å². The van der Waals surface area contributed by atoms with E-state index in [1.54, 1.807) is 6.07 Å². The summed E-state index contributed by atoms with van der Waals surface area (Å²) in [5, 5.41) is 14.3. The molecule has 1 N–H and O–H groups in total. The van der Waals surface area contributed by atoms with Crippen molar-refractivity contribution in [3.8, 4) is 6.07 Å². The predicted molar refractivity (Wildman–Crippen MR) is 23.5 cm³/mol. The Kier molecular flexibility index (Phi) is 1.76. The molecule has 0 aromatic carbocycles. The van der Waals surface area contributed by atoms with Crippen LogP contribution in [0.2, 0.25) is 0 Å². The third-order valence-electron chi connectivity index (χ3n) is 0.325. The van der Waals surface area contributed by atoms with Crippen molar-refractivity contribution in [1.29, 1.82) is 10.7 Å². The first-order valence-electron chi connectivity index (χ1n) is 1.42. The highest BCUT2D eigenvalue weighted by molar-refractivity contribution is 6.04. The number of allylic oxidation sites excluding steroid dienone is 1. The van der Waals surface area contributed by atoms with E-state index < -0.39 is 0 Å². The predicted octanol–water partition coefficient (Wildman–Crippen LogP) is 0.716. The van der Waals surface area contributed by atoms with Gasteiger partial charge in [-0.15, -0.1) is 0 Å². The zero-order chi connectivity index (χ0) is 4.99. The van der Waals surface area contributed by atoms with Gasteiger partial charge in [0.15, 0.2) is 0 Å². The lowest BCUT2D eigenvalue weighted by Crippen LogP contribution is -1.77. The molecule has 0 heterocycles. The minimum Gasteiger partial charge on any atom is -0.290 e. The first kappa shape index (κ1) is 4.90. The van der Waals surface area contributed by atoms with Crippen LogP contribution >= 0.6 is 0 Å². The Morgan fingerprint density at radius 1 is 2.00 bits per heavy atom. The molecule has 0 radical (unpaired) electrons. The number of nitrogens with one attached hydrogen (secondary N) is 1. The lowest BCUT2D eigenvalue weighted by molar-refractivity contribution is 1.49. The topological polar surface area (TPSA) is 47.6 Å². The molecule has 0 aromatic rings. The minimum absolute atomic E-state index is 0.0880. The molecule has 0 aromatic heterocycles. The van der Waals surface area contributed by atoms with Crippen molar-refractivity contribution in [1.82, 2.24) is 0 Å². The highest BCUT2D eigenvalue weighted by atomic mass is 14.4. The van der Waals surface area contributed by atoms with Gasteiger partial charge in [0.2, 0.25) is 0 Å². The van der Waals surface area contributed by atoms with Crippen LogP contribution in [-0.2, 0) is 0 Å². The Morgan fingerprint density at radius 2 is 2.50 bits per heavy atom. The molecule has 30 valence electrons. The second-order valence-corrected chi connectivity index (χ2v) is 0.730. The third-order valence-corrected chi connectivity index (χ3v) is 0.325. The molecule has 0 saturated carbocycles. The number of hydrogen-bond donors (Lipinski definition) is 1. The van der Waals surface area contributed by atoms with E-state index in [9.17, 15) is 0 Å². The van der Waals surface area contributed by atoms with Gasteiger partial charge in [0.1, 0.15) is 11.8 Å². The summed E-state index contributed by atoms with van der Waals surface area (Å²) in [5.41, 5.74) is -0.0880. The second kappa shape index (κ2) is 2.16. The quantitative estimate of drug-likeness (QED) is 0.463. The van der Waals surface area contributed by atoms with Crippen molar-refractivity contribution in [2.45, 2.75) is 0 Å². The number of nitrogens with zero attached hydrogens (tertiary/aromatic N) is 1. The van der Waals surface area contributed by atoms with Crippen LogP contribution in [-0.4, -0.2) is 5.71 Å². The molecule has 0 unspecified atom stereocenters. The molecule has 0 saturated heterocycles. The van der Waals surface area contributed by atoms with Crippen LogP contribution in [0.25, 0.3) is 0 Å². The smallest absolute Gasteiger partial charge is 0.131 e. The maximum atomic E-state index is 7.79. The molecular formula is C4H4N2. The van der Waals surface area contributed by atoms with Gasteiger partial charge >= 0.3 is 0 Å². The molecule has 0 amide bonds. The maximum Gasteiger partial charge on any atom is 0.131 e. The van der Waals surface area contributed by atoms with Crippen LogP contribution in [0.5, 0.6) is 0 Å². The summed E-state index contributed by atoms with van der Waals surface area (Å²) in [6, 6.07) is 1.58. The van der Waals surface area contributed by atoms with Crippen LogP contribution in [0.15, 0.2) is 12.7 Å². The van der Waals surface area contributed by atoms with Gasteiger partial charge in [-0.1, -0.05) is 6.58 Å². The molecule has 0 aliphatic rings. The van der Waals surface area contributed by atoms with Crippen molar-refractivity contribution in [3.63, 3.8) is 0 Å². The second-order valence-electron chi connectivity index (χ2n) is 0.730. The summed E-state index contributed by atoms with van der Waals surface area (Å²) in [7, 11) is 0. The normalized spacial score (nSPS) is 5.83. The summed E-state index contributed by atoms with van der Waals surface area (Å²) >= 11 is 0. The first-order chi connectivity index (χ1) is 2.81. The Labute approximate surface area is 36.2 Å². The van der Waals surface area contributed by atoms with E-state index in [0.29, 0.717) is 0 Å². The first-order valence-corrected chi connectivity index (χ1v) is 1.42. The summed E-state index contributed by atoms with van der Waals surface area (Å²) in [5.74, 6) is 0. The zero-order valence-electron chi connectivity index (χ0n) is 3.23. The molecular weight excluding hydrogens is 76.1 g/mol. The molecule has 0 rings (SSSR count). The molecule has 0 spiro atoms. The summed E-state index contributed by atoms with van der Waals surface area (Å²) in [4.78, 5) is 0. The fourth-order valence-corrected chi connectivity index (χ4v) is 0.0456. The van der Waals surface area contributed by atoms with Crippen molar-refractivity contribution in [2.75, 3.05) is 0 Å². The lowest BCUT2D eigenvalue weighted by atomic mass is 10.4. The SMILES string of the molecule is C=CC(=N)C#N. The Morgan fingerprint density at radius 3 is 2.50 bits per heavy atom. The van der Waals surface area contributed by atoms with Gasteiger partial charge in [-0.05, 0) is 6.08 Å². The molecule has 0 bridgehead atoms. The largest absolute Gasteiger partial charge is 0.290 e. The highest BCUT2D eigenvalue weighted by Gasteiger charge is 1.74. The molecule has 0 atom stereocenters. The molecule has 0 aliphatic carbocycles. The van der Waals surface area contributed by atoms with Crippen molar-refractivity contribution < 1.29 is 0 Å². The number of hydrogen-bond acceptors (Lipinski definition) is 2. The Bertz CT molecular complexity index is 107. The van der Waals surface area contributed by atoms with Crippen LogP contribution in [0, 0.1) is 16.7 Å². The van der Waals surface area contributed by atoms with Crippen molar-refractivity contribution >= 4 is 5.71 Å². The van der Waals surface area contributed by atoms with Crippen molar-refractivity contribution in [3.05, 3.63) is 12.7 Å². The van der Waals surface area contributed by atoms with Gasteiger partial charge in [-0.25, -0.2) is 0 Å². The fraction of sp³-hybridized carbons (Fsp3) is 0. The minimum atomic E-state index is -0.0880. The van der Waals surface area contributed by atoms with Crippen LogP contribution < -0.4 is 0 Å². The molecule has 6 heavy (non-hydrogen) atoms. The number of nitriles is 1. The van der Waals surface area contributed by atoms with E-state index >= 15 is 0 Å². The van der Waals surface area contributed by atoms with Gasteiger partial charge in [0, 0.05) is 0 Å². The van der Waals surface area contributed by atoms with Gasteiger partial charge in [-0.2, -0.15) is 5.26 Å². The average Bonchev–Trinajstić information content (AvgIpc) is 1.65. The summed E-state index contributed by atoms with van der Waals surface area (Å²) in [6.07, 6.45) is 1.19. The third kappa shape index (κ3) is 1.24. The van der Waals surface area contributed by atoms with Crippen LogP contribution in [0.4, 0.5) is 0 Å². The lowest BCUT2D eigenvalue weighted by Gasteiger charge is -1.65. The number of rotatable bonds is 1. The Balaban J connectivity index is 3.63. The van der Waals surface area contributed by atoms with Gasteiger partial charge in [0.25, 0.3) is 0 Å². The zero-order valence-corrected chi connectivity index (χ0v) is 3.23. The molecule has 2 heteroatoms. The maximum absolute atomic E-state index is 7.79. The van der Waals surface area contributed by atoms with Gasteiger partial charge in [0.05, 0.1) is 0 Å². The standard InChI is InChI=1S/C4H4N2/c1-2-4(6)3-5/h2,6H,1H2. The Hall–Kier alpha value is -1.10. The van der Waals surface area contributed by atoms with Crippen LogP contribution in [0.1, 0.15) is 0 Å². The summed E-state index contributed by atoms with van der Waals surface area (Å²) < 4.78 is 0. The van der Waals surface area contributed by atoms with E-state index in [1.165, 1.54) is 6.08 Å². The van der Waals surface area contributed by atoms with E-state index in [2.05, 4.69) is 6.58 Å². The molecule has 2 nitrogen and oxygen atoms in total. The average molecular weight is 80.1 g/mol. The molecule has 0 fully saturated rings. The van der Waals surface area contributed by atoms with Gasteiger partial charge < -0.3 is 0 Å². The highest BCUT2D eigenvalue weighted by Crippen LogP contribution is 1.63. The van der Waals surface area contributed by atoms with E-state index in [0.717, 1.165) is 0 Å².